The van der Waals surface area contributed by atoms with Crippen molar-refractivity contribution in [3.8, 4) is 0 Å². The first-order valence-electron chi connectivity index (χ1n) is 6.20. The predicted octanol–water partition coefficient (Wildman–Crippen LogP) is 2.34. The Balaban J connectivity index is 2.19. The van der Waals surface area contributed by atoms with Crippen LogP contribution >= 0.6 is 11.8 Å². The Hall–Kier alpha value is -1.46. The average Bonchev–Trinajstić information content (AvgIpc) is 2.40. The topological polar surface area (TPSA) is 71.2 Å². The molecular weight excluding hydrogens is 258 g/mol. The minimum Gasteiger partial charge on any atom is -0.399 e. The molecule has 0 bridgehead atoms. The van der Waals surface area contributed by atoms with Gasteiger partial charge in [-0.25, -0.2) is 4.98 Å². The van der Waals surface area contributed by atoms with Gasteiger partial charge in [0.05, 0.1) is 12.1 Å². The van der Waals surface area contributed by atoms with Gasteiger partial charge in [-0.2, -0.15) is 11.8 Å². The van der Waals surface area contributed by atoms with Gasteiger partial charge in [0.1, 0.15) is 5.82 Å². The fraction of sp³-hybridized carbons (Fsp3) is 0.357. The van der Waals surface area contributed by atoms with Crippen LogP contribution in [-0.2, 0) is 0 Å². The van der Waals surface area contributed by atoms with E-state index in [2.05, 4.69) is 10.3 Å². The van der Waals surface area contributed by atoms with Crippen LogP contribution in [0.15, 0.2) is 30.3 Å². The van der Waals surface area contributed by atoms with Crippen molar-refractivity contribution in [3.05, 3.63) is 30.3 Å². The first-order valence-corrected chi connectivity index (χ1v) is 7.49. The molecular formula is C14H19N3OS. The fourth-order valence-corrected chi connectivity index (χ4v) is 2.61. The third-order valence-corrected chi connectivity index (χ3v) is 4.29. The molecule has 2 unspecified atom stereocenters. The molecule has 0 saturated carbocycles. The van der Waals surface area contributed by atoms with Gasteiger partial charge in [0.2, 0.25) is 0 Å². The summed E-state index contributed by atoms with van der Waals surface area (Å²) in [4.78, 5) is 4.55. The number of nitrogen functional groups attached to an aromatic ring is 1. The van der Waals surface area contributed by atoms with Crippen molar-refractivity contribution in [1.82, 2.24) is 4.98 Å². The van der Waals surface area contributed by atoms with Gasteiger partial charge >= 0.3 is 0 Å². The number of aliphatic hydroxyl groups is 1. The molecule has 1 aromatic carbocycles. The predicted molar refractivity (Wildman–Crippen MR) is 83.6 cm³/mol. The van der Waals surface area contributed by atoms with E-state index >= 15 is 0 Å². The summed E-state index contributed by atoms with van der Waals surface area (Å²) in [6.07, 6.45) is 2.00. The van der Waals surface area contributed by atoms with Crippen LogP contribution in [0.1, 0.15) is 6.92 Å². The second-order valence-electron chi connectivity index (χ2n) is 4.54. The van der Waals surface area contributed by atoms with Crippen LogP contribution in [0.3, 0.4) is 0 Å². The number of aromatic nitrogens is 1. The SMILES string of the molecule is CSC(CO)C(C)Nc1ccc2cc(N)ccc2n1. The van der Waals surface area contributed by atoms with E-state index in [-0.39, 0.29) is 17.9 Å². The van der Waals surface area contributed by atoms with Crippen molar-refractivity contribution in [3.63, 3.8) is 0 Å². The maximum Gasteiger partial charge on any atom is 0.126 e. The number of fused-ring (bicyclic) bond motifs is 1. The van der Waals surface area contributed by atoms with E-state index in [4.69, 9.17) is 5.73 Å². The highest BCUT2D eigenvalue weighted by atomic mass is 32.2. The van der Waals surface area contributed by atoms with Gasteiger partial charge in [-0.1, -0.05) is 0 Å². The van der Waals surface area contributed by atoms with E-state index in [1.165, 1.54) is 0 Å². The van der Waals surface area contributed by atoms with E-state index in [1.807, 2.05) is 43.5 Å². The zero-order chi connectivity index (χ0) is 13.8. The van der Waals surface area contributed by atoms with Crippen molar-refractivity contribution in [2.45, 2.75) is 18.2 Å². The van der Waals surface area contributed by atoms with Gasteiger partial charge in [0.15, 0.2) is 0 Å². The Morgan fingerprint density at radius 1 is 1.37 bits per heavy atom. The summed E-state index contributed by atoms with van der Waals surface area (Å²) in [7, 11) is 0. The van der Waals surface area contributed by atoms with E-state index < -0.39 is 0 Å². The van der Waals surface area contributed by atoms with Crippen molar-refractivity contribution >= 4 is 34.2 Å². The summed E-state index contributed by atoms with van der Waals surface area (Å²) < 4.78 is 0. The van der Waals surface area contributed by atoms with E-state index in [9.17, 15) is 5.11 Å². The summed E-state index contributed by atoms with van der Waals surface area (Å²) >= 11 is 1.65. The highest BCUT2D eigenvalue weighted by Crippen LogP contribution is 2.20. The standard InChI is InChI=1S/C14H19N3OS/c1-9(13(8-18)19-2)16-14-6-3-10-7-11(15)4-5-12(10)17-14/h3-7,9,13,18H,8,15H2,1-2H3,(H,16,17). The van der Waals surface area contributed by atoms with E-state index in [0.29, 0.717) is 0 Å². The molecule has 0 fully saturated rings. The molecule has 0 spiro atoms. The van der Waals surface area contributed by atoms with Gasteiger partial charge in [-0.15, -0.1) is 0 Å². The molecule has 0 saturated heterocycles. The maximum absolute atomic E-state index is 9.28. The highest BCUT2D eigenvalue weighted by Gasteiger charge is 2.15. The molecule has 2 aromatic rings. The summed E-state index contributed by atoms with van der Waals surface area (Å²) in [5.41, 5.74) is 7.40. The Morgan fingerprint density at radius 2 is 2.16 bits per heavy atom. The Kier molecular flexibility index (Phi) is 4.50. The van der Waals surface area contributed by atoms with Crippen LogP contribution in [0.4, 0.5) is 11.5 Å². The van der Waals surface area contributed by atoms with Crippen LogP contribution in [0.2, 0.25) is 0 Å². The van der Waals surface area contributed by atoms with Crippen LogP contribution in [0.25, 0.3) is 10.9 Å². The number of rotatable bonds is 5. The minimum absolute atomic E-state index is 0.152. The van der Waals surface area contributed by atoms with Gasteiger partial charge in [0.25, 0.3) is 0 Å². The molecule has 19 heavy (non-hydrogen) atoms. The first kappa shape index (κ1) is 14.0. The van der Waals surface area contributed by atoms with Crippen LogP contribution < -0.4 is 11.1 Å². The number of hydrogen-bond acceptors (Lipinski definition) is 5. The lowest BCUT2D eigenvalue weighted by Crippen LogP contribution is -2.31. The molecule has 2 rings (SSSR count). The molecule has 0 radical (unpaired) electrons. The molecule has 5 heteroatoms. The largest absolute Gasteiger partial charge is 0.399 e. The van der Waals surface area contributed by atoms with E-state index in [0.717, 1.165) is 22.4 Å². The minimum atomic E-state index is 0.152. The molecule has 0 aliphatic heterocycles. The number of benzene rings is 1. The monoisotopic (exact) mass is 277 g/mol. The summed E-state index contributed by atoms with van der Waals surface area (Å²) in [6, 6.07) is 9.76. The lowest BCUT2D eigenvalue weighted by Gasteiger charge is -2.21. The third kappa shape index (κ3) is 3.30. The van der Waals surface area contributed by atoms with Crippen molar-refractivity contribution < 1.29 is 5.11 Å². The highest BCUT2D eigenvalue weighted by molar-refractivity contribution is 7.99. The third-order valence-electron chi connectivity index (χ3n) is 3.13. The molecule has 2 atom stereocenters. The first-order chi connectivity index (χ1) is 9.13. The molecule has 4 nitrogen and oxygen atoms in total. The molecule has 1 aromatic heterocycles. The molecule has 102 valence electrons. The number of nitrogens with one attached hydrogen (secondary N) is 1. The van der Waals surface area contributed by atoms with Crippen LogP contribution in [0, 0.1) is 0 Å². The summed E-state index contributed by atoms with van der Waals surface area (Å²) in [5.74, 6) is 0.817. The lowest BCUT2D eigenvalue weighted by atomic mass is 10.2. The number of pyridine rings is 1. The normalized spacial score (nSPS) is 14.3. The average molecular weight is 277 g/mol. The molecule has 0 aliphatic carbocycles. The zero-order valence-electron chi connectivity index (χ0n) is 11.1. The zero-order valence-corrected chi connectivity index (χ0v) is 11.9. The molecule has 4 N–H and O–H groups in total. The van der Waals surface area contributed by atoms with Gasteiger partial charge < -0.3 is 16.2 Å². The smallest absolute Gasteiger partial charge is 0.126 e. The quantitative estimate of drug-likeness (QED) is 0.732. The molecule has 0 aliphatic rings. The number of nitrogens with zero attached hydrogens (tertiary/aromatic N) is 1. The Bertz CT molecular complexity index is 557. The van der Waals surface area contributed by atoms with Gasteiger partial charge in [-0.3, -0.25) is 0 Å². The van der Waals surface area contributed by atoms with Crippen molar-refractivity contribution in [2.24, 2.45) is 0 Å². The number of nitrogens with two attached hydrogens (primary N) is 1. The van der Waals surface area contributed by atoms with Crippen molar-refractivity contribution in [2.75, 3.05) is 23.9 Å². The fourth-order valence-electron chi connectivity index (χ4n) is 1.99. The van der Waals surface area contributed by atoms with Gasteiger partial charge in [-0.05, 0) is 43.5 Å². The second-order valence-corrected chi connectivity index (χ2v) is 5.62. The maximum atomic E-state index is 9.28. The van der Waals surface area contributed by atoms with Crippen molar-refractivity contribution in [1.29, 1.82) is 0 Å². The summed E-state index contributed by atoms with van der Waals surface area (Å²) in [6.45, 7) is 2.20. The van der Waals surface area contributed by atoms with Gasteiger partial charge in [0, 0.05) is 22.4 Å². The number of aliphatic hydroxyl groups excluding tert-OH is 1. The van der Waals surface area contributed by atoms with E-state index in [1.54, 1.807) is 11.8 Å². The number of hydrogen-bond donors (Lipinski definition) is 3. The lowest BCUT2D eigenvalue weighted by molar-refractivity contribution is 0.288. The number of thioether (sulfide) groups is 1. The Labute approximate surface area is 117 Å². The van der Waals surface area contributed by atoms with Crippen LogP contribution in [0.5, 0.6) is 0 Å². The summed E-state index contributed by atoms with van der Waals surface area (Å²) in [5, 5.41) is 13.8. The Morgan fingerprint density at radius 3 is 2.84 bits per heavy atom. The number of anilines is 2. The molecule has 0 amide bonds. The van der Waals surface area contributed by atoms with Crippen LogP contribution in [-0.4, -0.2) is 34.2 Å². The second kappa shape index (κ2) is 6.12. The molecule has 1 heterocycles.